The number of halogens is 1. The molecule has 2 heterocycles. The third-order valence-electron chi connectivity index (χ3n) is 2.20. The first-order valence-corrected chi connectivity index (χ1v) is 4.47. The molecule has 0 bridgehead atoms. The van der Waals surface area contributed by atoms with Gasteiger partial charge in [0.2, 0.25) is 5.91 Å². The molecular weight excluding hydrogens is 196 g/mol. The van der Waals surface area contributed by atoms with Gasteiger partial charge in [0.15, 0.2) is 0 Å². The van der Waals surface area contributed by atoms with Crippen molar-refractivity contribution in [2.75, 3.05) is 13.2 Å². The number of amides is 2. The molecule has 0 saturated carbocycles. The van der Waals surface area contributed by atoms with Gasteiger partial charge >= 0.3 is 0 Å². The van der Waals surface area contributed by atoms with E-state index in [4.69, 9.17) is 16.4 Å². The van der Waals surface area contributed by atoms with Crippen molar-refractivity contribution in [3.63, 3.8) is 0 Å². The van der Waals surface area contributed by atoms with Gasteiger partial charge in [0.05, 0.1) is 5.38 Å². The summed E-state index contributed by atoms with van der Waals surface area (Å²) >= 11 is 5.79. The molecule has 2 saturated heterocycles. The Morgan fingerprint density at radius 1 is 1.54 bits per heavy atom. The topological polar surface area (TPSA) is 58.6 Å². The van der Waals surface area contributed by atoms with Crippen molar-refractivity contribution in [1.82, 2.24) is 10.4 Å². The van der Waals surface area contributed by atoms with Gasteiger partial charge in [-0.1, -0.05) is 0 Å². The Balaban J connectivity index is 2.08. The normalized spacial score (nSPS) is 34.1. The summed E-state index contributed by atoms with van der Waals surface area (Å²) in [7, 11) is 0. The van der Waals surface area contributed by atoms with Crippen molar-refractivity contribution in [1.29, 1.82) is 0 Å². The lowest BCUT2D eigenvalue weighted by atomic mass is 10.3. The minimum atomic E-state index is -0.490. The molecule has 2 amide bonds. The molecule has 1 unspecified atom stereocenters. The van der Waals surface area contributed by atoms with Crippen molar-refractivity contribution >= 4 is 23.4 Å². The molecule has 2 atom stereocenters. The predicted octanol–water partition coefficient (Wildman–Crippen LogP) is -0.744. The smallest absolute Gasteiger partial charge is 0.268 e. The first-order chi connectivity index (χ1) is 6.18. The van der Waals surface area contributed by atoms with Crippen LogP contribution in [-0.2, 0) is 14.4 Å². The standard InChI is InChI=1S/C7H9ClN2O3/c8-4-1-6(11)10(2-4)5-3-13-9-7(5)12/h4-5H,1-3H2,(H,9,12)/t4?,5-/m0/s1. The summed E-state index contributed by atoms with van der Waals surface area (Å²) in [6.45, 7) is 0.649. The van der Waals surface area contributed by atoms with E-state index in [0.717, 1.165) is 0 Å². The molecule has 5 nitrogen and oxygen atoms in total. The summed E-state index contributed by atoms with van der Waals surface area (Å²) in [5.41, 5.74) is 2.21. The SMILES string of the molecule is O=C1NOC[C@@H]1N1CC(Cl)CC1=O. The zero-order valence-electron chi connectivity index (χ0n) is 6.83. The van der Waals surface area contributed by atoms with E-state index in [0.29, 0.717) is 13.0 Å². The highest BCUT2D eigenvalue weighted by Crippen LogP contribution is 2.20. The van der Waals surface area contributed by atoms with E-state index in [1.165, 1.54) is 4.90 Å². The Morgan fingerprint density at radius 2 is 2.31 bits per heavy atom. The summed E-state index contributed by atoms with van der Waals surface area (Å²) in [6, 6.07) is -0.490. The van der Waals surface area contributed by atoms with Gasteiger partial charge in [-0.05, 0) is 0 Å². The average Bonchev–Trinajstić information content (AvgIpc) is 2.58. The largest absolute Gasteiger partial charge is 0.327 e. The summed E-state index contributed by atoms with van der Waals surface area (Å²) < 4.78 is 0. The van der Waals surface area contributed by atoms with Crippen LogP contribution in [0, 0.1) is 0 Å². The van der Waals surface area contributed by atoms with E-state index in [2.05, 4.69) is 5.48 Å². The van der Waals surface area contributed by atoms with Gasteiger partial charge in [0, 0.05) is 13.0 Å². The second-order valence-electron chi connectivity index (χ2n) is 3.14. The second kappa shape index (κ2) is 3.16. The lowest BCUT2D eigenvalue weighted by Crippen LogP contribution is -2.43. The Kier molecular flexibility index (Phi) is 2.13. The molecule has 2 aliphatic rings. The third kappa shape index (κ3) is 1.49. The van der Waals surface area contributed by atoms with E-state index in [9.17, 15) is 9.59 Å². The van der Waals surface area contributed by atoms with E-state index >= 15 is 0 Å². The maximum atomic E-state index is 11.3. The maximum absolute atomic E-state index is 11.3. The molecule has 0 aliphatic carbocycles. The van der Waals surface area contributed by atoms with Crippen LogP contribution in [0.2, 0.25) is 0 Å². The van der Waals surface area contributed by atoms with Gasteiger partial charge in [-0.3, -0.25) is 14.4 Å². The molecule has 6 heteroatoms. The number of nitrogens with one attached hydrogen (secondary N) is 1. The molecule has 13 heavy (non-hydrogen) atoms. The van der Waals surface area contributed by atoms with Crippen LogP contribution >= 0.6 is 11.6 Å². The minimum Gasteiger partial charge on any atom is -0.327 e. The van der Waals surface area contributed by atoms with Gasteiger partial charge in [-0.2, -0.15) is 0 Å². The van der Waals surface area contributed by atoms with Crippen LogP contribution in [0.15, 0.2) is 0 Å². The van der Waals surface area contributed by atoms with Crippen molar-refractivity contribution in [3.8, 4) is 0 Å². The highest BCUT2D eigenvalue weighted by molar-refractivity contribution is 6.22. The summed E-state index contributed by atoms with van der Waals surface area (Å²) in [5.74, 6) is -0.343. The summed E-state index contributed by atoms with van der Waals surface area (Å²) in [4.78, 5) is 28.7. The van der Waals surface area contributed by atoms with Gasteiger partial charge in [0.1, 0.15) is 12.6 Å². The molecule has 0 spiro atoms. The molecule has 1 N–H and O–H groups in total. The summed E-state index contributed by atoms with van der Waals surface area (Å²) in [6.07, 6.45) is 0.311. The molecule has 2 fully saturated rings. The fraction of sp³-hybridized carbons (Fsp3) is 0.714. The van der Waals surface area contributed by atoms with E-state index < -0.39 is 6.04 Å². The van der Waals surface area contributed by atoms with Crippen LogP contribution in [0.5, 0.6) is 0 Å². The number of nitrogens with zero attached hydrogens (tertiary/aromatic N) is 1. The highest BCUT2D eigenvalue weighted by Gasteiger charge is 2.39. The van der Waals surface area contributed by atoms with Gasteiger partial charge in [-0.15, -0.1) is 11.6 Å². The van der Waals surface area contributed by atoms with Crippen LogP contribution in [0.25, 0.3) is 0 Å². The number of likely N-dealkylation sites (tertiary alicyclic amines) is 1. The van der Waals surface area contributed by atoms with Crippen molar-refractivity contribution in [2.24, 2.45) is 0 Å². The van der Waals surface area contributed by atoms with Gasteiger partial charge in [-0.25, -0.2) is 5.48 Å². The molecule has 0 radical (unpaired) electrons. The molecule has 72 valence electrons. The molecular formula is C7H9ClN2O3. The maximum Gasteiger partial charge on any atom is 0.268 e. The first kappa shape index (κ1) is 8.77. The number of carbonyl (C=O) groups excluding carboxylic acids is 2. The molecule has 2 rings (SSSR count). The predicted molar refractivity (Wildman–Crippen MR) is 43.9 cm³/mol. The van der Waals surface area contributed by atoms with Gasteiger partial charge < -0.3 is 4.90 Å². The minimum absolute atomic E-state index is 0.0781. The van der Waals surface area contributed by atoms with E-state index in [1.54, 1.807) is 0 Å². The van der Waals surface area contributed by atoms with Crippen LogP contribution in [0.1, 0.15) is 6.42 Å². The number of hydrogen-bond acceptors (Lipinski definition) is 3. The average molecular weight is 205 g/mol. The van der Waals surface area contributed by atoms with Crippen molar-refractivity contribution in [3.05, 3.63) is 0 Å². The zero-order valence-corrected chi connectivity index (χ0v) is 7.58. The van der Waals surface area contributed by atoms with Crippen LogP contribution in [-0.4, -0.2) is 41.3 Å². The van der Waals surface area contributed by atoms with Crippen LogP contribution < -0.4 is 5.48 Å². The number of rotatable bonds is 1. The Morgan fingerprint density at radius 3 is 2.77 bits per heavy atom. The number of hydroxylamine groups is 1. The molecule has 0 aromatic heterocycles. The fourth-order valence-corrected chi connectivity index (χ4v) is 1.84. The third-order valence-corrected chi connectivity index (χ3v) is 2.50. The molecule has 0 aromatic carbocycles. The fourth-order valence-electron chi connectivity index (χ4n) is 1.55. The lowest BCUT2D eigenvalue weighted by Gasteiger charge is -2.19. The summed E-state index contributed by atoms with van der Waals surface area (Å²) in [5, 5.41) is -0.180. The molecule has 0 aromatic rings. The van der Waals surface area contributed by atoms with Gasteiger partial charge in [0.25, 0.3) is 5.91 Å². The monoisotopic (exact) mass is 204 g/mol. The molecule has 2 aliphatic heterocycles. The Bertz CT molecular complexity index is 258. The van der Waals surface area contributed by atoms with E-state index in [1.807, 2.05) is 0 Å². The lowest BCUT2D eigenvalue weighted by molar-refractivity contribution is -0.135. The van der Waals surface area contributed by atoms with Crippen LogP contribution in [0.4, 0.5) is 0 Å². The van der Waals surface area contributed by atoms with E-state index in [-0.39, 0.29) is 23.8 Å². The van der Waals surface area contributed by atoms with Crippen molar-refractivity contribution in [2.45, 2.75) is 17.8 Å². The Hall–Kier alpha value is -0.810. The first-order valence-electron chi connectivity index (χ1n) is 4.03. The number of alkyl halides is 1. The number of hydrogen-bond donors (Lipinski definition) is 1. The van der Waals surface area contributed by atoms with Crippen molar-refractivity contribution < 1.29 is 14.4 Å². The van der Waals surface area contributed by atoms with Crippen LogP contribution in [0.3, 0.4) is 0 Å². The Labute approximate surface area is 79.9 Å². The second-order valence-corrected chi connectivity index (χ2v) is 3.76. The number of carbonyl (C=O) groups is 2. The quantitative estimate of drug-likeness (QED) is 0.573. The zero-order chi connectivity index (χ0) is 9.42. The highest BCUT2D eigenvalue weighted by atomic mass is 35.5.